The van der Waals surface area contributed by atoms with Gasteiger partial charge in [-0.2, -0.15) is 0 Å². The highest BCUT2D eigenvalue weighted by molar-refractivity contribution is 5.89. The third-order valence-electron chi connectivity index (χ3n) is 7.13. The van der Waals surface area contributed by atoms with E-state index in [1.54, 1.807) is 25.1 Å². The summed E-state index contributed by atoms with van der Waals surface area (Å²) < 4.78 is 23.2. The number of rotatable bonds is 11. The van der Waals surface area contributed by atoms with Gasteiger partial charge in [0.15, 0.2) is 5.43 Å². The summed E-state index contributed by atoms with van der Waals surface area (Å²) in [7, 11) is 0. The summed E-state index contributed by atoms with van der Waals surface area (Å²) in [4.78, 5) is 26.8. The van der Waals surface area contributed by atoms with E-state index in [9.17, 15) is 9.59 Å². The standard InChI is InChI=1S/C33H35NO6/c1-2-37-33(36)31-23-29(35)28-15-14-27(22-30(28)40-31)38-21-9-18-34-19-16-26(17-20-34)39-32(24-10-5-3-6-11-24)25-12-7-4-8-13-25/h3-8,10-15,22-23,26,32H,2,9,16-21H2,1H3. The highest BCUT2D eigenvalue weighted by atomic mass is 16.5. The maximum atomic E-state index is 12.4. The maximum Gasteiger partial charge on any atom is 0.374 e. The number of carbonyl (C=O) groups is 1. The topological polar surface area (TPSA) is 78.2 Å². The minimum atomic E-state index is -0.655. The molecule has 5 rings (SSSR count). The van der Waals surface area contributed by atoms with Crippen LogP contribution in [0.15, 0.2) is 94.1 Å². The molecule has 2 heterocycles. The summed E-state index contributed by atoms with van der Waals surface area (Å²) in [5, 5.41) is 0.396. The Balaban J connectivity index is 1.10. The third-order valence-corrected chi connectivity index (χ3v) is 7.13. The van der Waals surface area contributed by atoms with Crippen molar-refractivity contribution in [3.63, 3.8) is 0 Å². The minimum Gasteiger partial charge on any atom is -0.493 e. The molecule has 0 aliphatic carbocycles. The van der Waals surface area contributed by atoms with Gasteiger partial charge in [0.2, 0.25) is 5.76 Å². The van der Waals surface area contributed by atoms with Crippen molar-refractivity contribution in [1.82, 2.24) is 4.90 Å². The summed E-state index contributed by atoms with van der Waals surface area (Å²) in [6.07, 6.45) is 3.00. The fraction of sp³-hybridized carbons (Fsp3) is 0.333. The number of piperidine rings is 1. The number of hydrogen-bond donors (Lipinski definition) is 0. The Bertz CT molecular complexity index is 1410. The number of carbonyl (C=O) groups excluding carboxylic acids is 1. The molecule has 0 N–H and O–H groups in total. The van der Waals surface area contributed by atoms with E-state index < -0.39 is 5.97 Å². The van der Waals surface area contributed by atoms with Gasteiger partial charge in [-0.3, -0.25) is 4.79 Å². The van der Waals surface area contributed by atoms with Crippen molar-refractivity contribution in [2.45, 2.75) is 38.4 Å². The predicted molar refractivity (Wildman–Crippen MR) is 154 cm³/mol. The molecule has 208 valence electrons. The Hall–Kier alpha value is -3.94. The molecule has 1 fully saturated rings. The molecule has 40 heavy (non-hydrogen) atoms. The van der Waals surface area contributed by atoms with E-state index in [-0.39, 0.29) is 30.0 Å². The van der Waals surface area contributed by atoms with Crippen LogP contribution in [0.4, 0.5) is 0 Å². The van der Waals surface area contributed by atoms with Gasteiger partial charge >= 0.3 is 5.97 Å². The zero-order valence-corrected chi connectivity index (χ0v) is 22.8. The average molecular weight is 542 g/mol. The molecule has 0 unspecified atom stereocenters. The van der Waals surface area contributed by atoms with Gasteiger partial charge in [0.05, 0.1) is 24.7 Å². The second-order valence-corrected chi connectivity index (χ2v) is 9.93. The molecule has 4 aromatic rings. The van der Waals surface area contributed by atoms with Crippen molar-refractivity contribution in [2.75, 3.05) is 32.8 Å². The molecule has 1 aliphatic rings. The Morgan fingerprint density at radius 3 is 2.27 bits per heavy atom. The molecule has 1 aliphatic heterocycles. The molecule has 0 saturated carbocycles. The molecule has 7 heteroatoms. The van der Waals surface area contributed by atoms with Crippen molar-refractivity contribution in [1.29, 1.82) is 0 Å². The molecule has 0 amide bonds. The van der Waals surface area contributed by atoms with E-state index in [0.29, 0.717) is 23.3 Å². The first-order chi connectivity index (χ1) is 19.6. The second-order valence-electron chi connectivity index (χ2n) is 9.93. The van der Waals surface area contributed by atoms with Crippen LogP contribution < -0.4 is 10.2 Å². The first kappa shape index (κ1) is 27.6. The number of esters is 1. The predicted octanol–water partition coefficient (Wildman–Crippen LogP) is 6.01. The van der Waals surface area contributed by atoms with Gasteiger partial charge < -0.3 is 23.5 Å². The zero-order chi connectivity index (χ0) is 27.7. The van der Waals surface area contributed by atoms with Crippen molar-refractivity contribution in [3.8, 4) is 5.75 Å². The third kappa shape index (κ3) is 6.97. The van der Waals surface area contributed by atoms with Crippen molar-refractivity contribution in [2.24, 2.45) is 0 Å². The van der Waals surface area contributed by atoms with Crippen LogP contribution in [0.3, 0.4) is 0 Å². The second kappa shape index (κ2) is 13.4. The number of likely N-dealkylation sites (tertiary alicyclic amines) is 1. The van der Waals surface area contributed by atoms with Crippen LogP contribution in [0.1, 0.15) is 54.0 Å². The molecule has 1 aromatic heterocycles. The molecule has 1 saturated heterocycles. The first-order valence-electron chi connectivity index (χ1n) is 14.0. The van der Waals surface area contributed by atoms with Crippen LogP contribution >= 0.6 is 0 Å². The number of benzene rings is 3. The highest BCUT2D eigenvalue weighted by Crippen LogP contribution is 2.30. The number of fused-ring (bicyclic) bond motifs is 1. The van der Waals surface area contributed by atoms with Gasteiger partial charge in [-0.15, -0.1) is 0 Å². The molecule has 0 spiro atoms. The van der Waals surface area contributed by atoms with Crippen LogP contribution in [-0.2, 0) is 9.47 Å². The van der Waals surface area contributed by atoms with Gasteiger partial charge in [-0.25, -0.2) is 4.79 Å². The largest absolute Gasteiger partial charge is 0.493 e. The van der Waals surface area contributed by atoms with Crippen LogP contribution in [0.2, 0.25) is 0 Å². The van der Waals surface area contributed by atoms with E-state index in [0.717, 1.165) is 38.9 Å². The van der Waals surface area contributed by atoms with Crippen LogP contribution in [0.25, 0.3) is 11.0 Å². The van der Waals surface area contributed by atoms with Gasteiger partial charge in [0, 0.05) is 31.8 Å². The first-order valence-corrected chi connectivity index (χ1v) is 14.0. The smallest absolute Gasteiger partial charge is 0.374 e. The molecular formula is C33H35NO6. The summed E-state index contributed by atoms with van der Waals surface area (Å²) in [5.41, 5.74) is 2.37. The normalized spacial score (nSPS) is 14.4. The average Bonchev–Trinajstić information content (AvgIpc) is 2.99. The van der Waals surface area contributed by atoms with Crippen LogP contribution in [0.5, 0.6) is 5.75 Å². The van der Waals surface area contributed by atoms with Crippen LogP contribution in [-0.4, -0.2) is 49.8 Å². The molecule has 0 bridgehead atoms. The lowest BCUT2D eigenvalue weighted by atomic mass is 10.00. The SMILES string of the molecule is CCOC(=O)c1cc(=O)c2ccc(OCCCN3CCC(OC(c4ccccc4)c4ccccc4)CC3)cc2o1. The van der Waals surface area contributed by atoms with Gasteiger partial charge in [0.1, 0.15) is 17.4 Å². The lowest BCUT2D eigenvalue weighted by molar-refractivity contribution is -0.0273. The van der Waals surface area contributed by atoms with E-state index in [1.807, 2.05) is 12.1 Å². The Labute approximate surface area is 234 Å². The summed E-state index contributed by atoms with van der Waals surface area (Å²) in [6, 6.07) is 27.1. The van der Waals surface area contributed by atoms with E-state index in [4.69, 9.17) is 18.6 Å². The molecule has 3 aromatic carbocycles. The molecule has 0 radical (unpaired) electrons. The fourth-order valence-electron chi connectivity index (χ4n) is 5.07. The summed E-state index contributed by atoms with van der Waals surface area (Å²) >= 11 is 0. The molecule has 7 nitrogen and oxygen atoms in total. The van der Waals surface area contributed by atoms with Gasteiger partial charge in [-0.1, -0.05) is 60.7 Å². The number of hydrogen-bond acceptors (Lipinski definition) is 7. The lowest BCUT2D eigenvalue weighted by Gasteiger charge is -2.34. The lowest BCUT2D eigenvalue weighted by Crippen LogP contribution is -2.38. The quantitative estimate of drug-likeness (QED) is 0.170. The zero-order valence-electron chi connectivity index (χ0n) is 22.8. The summed E-state index contributed by atoms with van der Waals surface area (Å²) in [5.74, 6) is -0.169. The fourth-order valence-corrected chi connectivity index (χ4v) is 5.07. The Morgan fingerprint density at radius 2 is 1.62 bits per heavy atom. The Kier molecular flexibility index (Phi) is 9.26. The maximum absolute atomic E-state index is 12.4. The van der Waals surface area contributed by atoms with E-state index in [2.05, 4.69) is 53.4 Å². The van der Waals surface area contributed by atoms with E-state index >= 15 is 0 Å². The minimum absolute atomic E-state index is 0.0629. The monoisotopic (exact) mass is 541 g/mol. The number of nitrogens with zero attached hydrogens (tertiary/aromatic N) is 1. The van der Waals surface area contributed by atoms with Gasteiger partial charge in [0.25, 0.3) is 0 Å². The van der Waals surface area contributed by atoms with Crippen LogP contribution in [0, 0.1) is 0 Å². The van der Waals surface area contributed by atoms with Crippen molar-refractivity contribution < 1.29 is 23.4 Å². The van der Waals surface area contributed by atoms with Crippen molar-refractivity contribution >= 4 is 16.9 Å². The van der Waals surface area contributed by atoms with Crippen molar-refractivity contribution in [3.05, 3.63) is 112 Å². The molecular weight excluding hydrogens is 506 g/mol. The number of ether oxygens (including phenoxy) is 3. The van der Waals surface area contributed by atoms with Gasteiger partial charge in [-0.05, 0) is 49.4 Å². The summed E-state index contributed by atoms with van der Waals surface area (Å²) in [6.45, 7) is 5.34. The van der Waals surface area contributed by atoms with E-state index in [1.165, 1.54) is 17.2 Å². The Morgan fingerprint density at radius 1 is 0.950 bits per heavy atom. The highest BCUT2D eigenvalue weighted by Gasteiger charge is 2.24. The molecule has 0 atom stereocenters.